The summed E-state index contributed by atoms with van der Waals surface area (Å²) in [5.41, 5.74) is 1.46. The van der Waals surface area contributed by atoms with Crippen molar-refractivity contribution < 1.29 is 4.39 Å². The number of rotatable bonds is 3. The molecule has 0 bridgehead atoms. The Balaban J connectivity index is 2.08. The number of hydrogen-bond donors (Lipinski definition) is 1. The topological polar surface area (TPSA) is 12.0 Å². The number of hydrogen-bond acceptors (Lipinski definition) is 1. The molecule has 1 fully saturated rings. The minimum atomic E-state index is -0.125. The van der Waals surface area contributed by atoms with E-state index in [4.69, 9.17) is 0 Å². The van der Waals surface area contributed by atoms with Crippen LogP contribution in [0.1, 0.15) is 39.2 Å². The quantitative estimate of drug-likeness (QED) is 0.826. The normalized spacial score (nSPS) is 18.5. The van der Waals surface area contributed by atoms with Gasteiger partial charge in [0.1, 0.15) is 5.82 Å². The van der Waals surface area contributed by atoms with Gasteiger partial charge in [-0.15, -0.1) is 0 Å². The second-order valence-electron chi connectivity index (χ2n) is 5.89. The van der Waals surface area contributed by atoms with Crippen LogP contribution in [0.2, 0.25) is 0 Å². The van der Waals surface area contributed by atoms with E-state index in [1.54, 1.807) is 6.07 Å². The van der Waals surface area contributed by atoms with Crippen LogP contribution in [0.25, 0.3) is 0 Å². The number of benzene rings is 1. The van der Waals surface area contributed by atoms with Crippen LogP contribution in [0.15, 0.2) is 24.3 Å². The summed E-state index contributed by atoms with van der Waals surface area (Å²) in [5.74, 6) is -0.125. The van der Waals surface area contributed by atoms with Crippen molar-refractivity contribution in [3.8, 4) is 0 Å². The van der Waals surface area contributed by atoms with Crippen molar-refractivity contribution in [2.24, 2.45) is 0 Å². The van der Waals surface area contributed by atoms with Crippen LogP contribution in [0.4, 0.5) is 4.39 Å². The van der Waals surface area contributed by atoms with Crippen LogP contribution in [0.5, 0.6) is 0 Å². The fourth-order valence-electron chi connectivity index (χ4n) is 1.97. The Morgan fingerprint density at radius 1 is 1.31 bits per heavy atom. The lowest BCUT2D eigenvalue weighted by Gasteiger charge is -2.25. The van der Waals surface area contributed by atoms with Gasteiger partial charge in [0.05, 0.1) is 0 Å². The molecule has 0 amide bonds. The standard InChI is InChI=1S/C14H20FN/c1-13(2,3)16-10-14(7-8-14)11-5-4-6-12(15)9-11/h4-6,9,16H,7-8,10H2,1-3H3. The maximum Gasteiger partial charge on any atom is 0.123 e. The van der Waals surface area contributed by atoms with Gasteiger partial charge in [0.2, 0.25) is 0 Å². The fraction of sp³-hybridized carbons (Fsp3) is 0.571. The van der Waals surface area contributed by atoms with E-state index in [2.05, 4.69) is 26.1 Å². The van der Waals surface area contributed by atoms with Crippen LogP contribution in [0, 0.1) is 5.82 Å². The monoisotopic (exact) mass is 221 g/mol. The predicted octanol–water partition coefficient (Wildman–Crippen LogP) is 3.25. The van der Waals surface area contributed by atoms with Gasteiger partial charge in [-0.2, -0.15) is 0 Å². The molecule has 0 saturated heterocycles. The van der Waals surface area contributed by atoms with Crippen molar-refractivity contribution >= 4 is 0 Å². The summed E-state index contributed by atoms with van der Waals surface area (Å²) in [6.07, 6.45) is 2.33. The van der Waals surface area contributed by atoms with Crippen molar-refractivity contribution in [2.45, 2.75) is 44.6 Å². The van der Waals surface area contributed by atoms with Crippen LogP contribution >= 0.6 is 0 Å². The van der Waals surface area contributed by atoms with Crippen LogP contribution in [0.3, 0.4) is 0 Å². The Hall–Kier alpha value is -0.890. The Morgan fingerprint density at radius 2 is 2.00 bits per heavy atom. The van der Waals surface area contributed by atoms with Crippen LogP contribution < -0.4 is 5.32 Å². The maximum absolute atomic E-state index is 13.2. The van der Waals surface area contributed by atoms with Gasteiger partial charge in [-0.05, 0) is 51.3 Å². The van der Waals surface area contributed by atoms with Gasteiger partial charge in [-0.3, -0.25) is 0 Å². The third kappa shape index (κ3) is 2.62. The summed E-state index contributed by atoms with van der Waals surface area (Å²) in [6.45, 7) is 7.43. The Morgan fingerprint density at radius 3 is 2.50 bits per heavy atom. The first-order chi connectivity index (χ1) is 7.41. The molecule has 0 radical (unpaired) electrons. The first-order valence-electron chi connectivity index (χ1n) is 5.92. The zero-order chi connectivity index (χ0) is 11.8. The Kier molecular flexibility index (Phi) is 2.79. The molecule has 2 heteroatoms. The molecule has 1 aromatic carbocycles. The van der Waals surface area contributed by atoms with E-state index in [1.165, 1.54) is 18.9 Å². The zero-order valence-corrected chi connectivity index (χ0v) is 10.3. The van der Waals surface area contributed by atoms with Crippen molar-refractivity contribution in [3.05, 3.63) is 35.6 Å². The Bertz CT molecular complexity index is 375. The van der Waals surface area contributed by atoms with E-state index >= 15 is 0 Å². The second kappa shape index (κ2) is 3.85. The van der Waals surface area contributed by atoms with E-state index in [0.29, 0.717) is 0 Å². The highest BCUT2D eigenvalue weighted by Crippen LogP contribution is 2.47. The third-order valence-electron chi connectivity index (χ3n) is 3.25. The summed E-state index contributed by atoms with van der Waals surface area (Å²) >= 11 is 0. The van der Waals surface area contributed by atoms with Crippen LogP contribution in [-0.2, 0) is 5.41 Å². The molecule has 1 saturated carbocycles. The van der Waals surface area contributed by atoms with Gasteiger partial charge in [-0.1, -0.05) is 12.1 Å². The summed E-state index contributed by atoms with van der Waals surface area (Å²) in [4.78, 5) is 0. The first-order valence-corrected chi connectivity index (χ1v) is 5.92. The average Bonchev–Trinajstić information content (AvgIpc) is 2.94. The average molecular weight is 221 g/mol. The van der Waals surface area contributed by atoms with E-state index < -0.39 is 0 Å². The smallest absolute Gasteiger partial charge is 0.123 e. The van der Waals surface area contributed by atoms with Gasteiger partial charge in [-0.25, -0.2) is 4.39 Å². The summed E-state index contributed by atoms with van der Waals surface area (Å²) < 4.78 is 13.2. The SMILES string of the molecule is CC(C)(C)NCC1(c2cccc(F)c2)CC1. The largest absolute Gasteiger partial charge is 0.311 e. The van der Waals surface area contributed by atoms with Gasteiger partial charge >= 0.3 is 0 Å². The van der Waals surface area contributed by atoms with Crippen molar-refractivity contribution in [2.75, 3.05) is 6.54 Å². The molecule has 0 unspecified atom stereocenters. The number of halogens is 1. The highest BCUT2D eigenvalue weighted by molar-refractivity contribution is 5.32. The van der Waals surface area contributed by atoms with E-state index in [-0.39, 0.29) is 16.8 Å². The maximum atomic E-state index is 13.2. The molecule has 0 aromatic heterocycles. The minimum Gasteiger partial charge on any atom is -0.311 e. The molecule has 16 heavy (non-hydrogen) atoms. The van der Waals surface area contributed by atoms with E-state index in [9.17, 15) is 4.39 Å². The van der Waals surface area contributed by atoms with E-state index in [1.807, 2.05) is 12.1 Å². The summed E-state index contributed by atoms with van der Waals surface area (Å²) in [6, 6.07) is 7.04. The molecule has 1 N–H and O–H groups in total. The summed E-state index contributed by atoms with van der Waals surface area (Å²) in [7, 11) is 0. The lowest BCUT2D eigenvalue weighted by Crippen LogP contribution is -2.40. The van der Waals surface area contributed by atoms with Gasteiger partial charge in [0, 0.05) is 17.5 Å². The third-order valence-corrected chi connectivity index (χ3v) is 3.25. The molecule has 1 aliphatic rings. The van der Waals surface area contributed by atoms with Crippen molar-refractivity contribution in [1.82, 2.24) is 5.32 Å². The van der Waals surface area contributed by atoms with Crippen molar-refractivity contribution in [3.63, 3.8) is 0 Å². The van der Waals surface area contributed by atoms with Crippen molar-refractivity contribution in [1.29, 1.82) is 0 Å². The molecule has 88 valence electrons. The fourth-order valence-corrected chi connectivity index (χ4v) is 1.97. The summed E-state index contributed by atoms with van der Waals surface area (Å²) in [5, 5.41) is 3.52. The highest BCUT2D eigenvalue weighted by atomic mass is 19.1. The molecular weight excluding hydrogens is 201 g/mol. The number of nitrogens with one attached hydrogen (secondary N) is 1. The molecule has 0 atom stereocenters. The second-order valence-corrected chi connectivity index (χ2v) is 5.89. The molecule has 2 rings (SSSR count). The first kappa shape index (κ1) is 11.6. The molecule has 0 heterocycles. The highest BCUT2D eigenvalue weighted by Gasteiger charge is 2.44. The molecule has 1 nitrogen and oxygen atoms in total. The van der Waals surface area contributed by atoms with Gasteiger partial charge in [0.15, 0.2) is 0 Å². The van der Waals surface area contributed by atoms with Crippen LogP contribution in [-0.4, -0.2) is 12.1 Å². The minimum absolute atomic E-state index is 0.125. The molecule has 0 aliphatic heterocycles. The Labute approximate surface area is 97.1 Å². The molecule has 0 spiro atoms. The lowest BCUT2D eigenvalue weighted by atomic mass is 9.94. The molecular formula is C14H20FN. The molecule has 1 aliphatic carbocycles. The predicted molar refractivity (Wildman–Crippen MR) is 65.1 cm³/mol. The van der Waals surface area contributed by atoms with E-state index in [0.717, 1.165) is 12.1 Å². The molecule has 1 aromatic rings. The lowest BCUT2D eigenvalue weighted by molar-refractivity contribution is 0.399. The van der Waals surface area contributed by atoms with Gasteiger partial charge in [0.25, 0.3) is 0 Å². The van der Waals surface area contributed by atoms with Gasteiger partial charge < -0.3 is 5.32 Å². The zero-order valence-electron chi connectivity index (χ0n) is 10.3.